The van der Waals surface area contributed by atoms with Crippen LogP contribution in [0.2, 0.25) is 0 Å². The zero-order valence-electron chi connectivity index (χ0n) is 8.55. The molecule has 1 atom stereocenters. The molecule has 1 aromatic rings. The van der Waals surface area contributed by atoms with Gasteiger partial charge in [0, 0.05) is 10.5 Å². The number of nitrogens with zero attached hydrogens (tertiary/aromatic N) is 3. The smallest absolute Gasteiger partial charge is 0.298 e. The Balaban J connectivity index is 2.97. The summed E-state index contributed by atoms with van der Waals surface area (Å²) in [4.78, 5) is 12.8. The maximum Gasteiger partial charge on any atom is 0.389 e. The zero-order chi connectivity index (χ0) is 12.9. The van der Waals surface area contributed by atoms with Crippen LogP contribution in [0.3, 0.4) is 0 Å². The Morgan fingerprint density at radius 1 is 1.35 bits per heavy atom. The van der Waals surface area contributed by atoms with Crippen molar-refractivity contribution in [2.24, 2.45) is 5.11 Å². The first-order valence-electron chi connectivity index (χ1n) is 4.62. The second-order valence-electron chi connectivity index (χ2n) is 3.32. The molecule has 0 fully saturated rings. The number of carbonyl (C=O) groups is 1. The number of benzene rings is 1. The second-order valence-corrected chi connectivity index (χ2v) is 3.32. The lowest BCUT2D eigenvalue weighted by Crippen LogP contribution is -2.12. The molecular weight excluding hydrogens is 235 g/mol. The molecule has 0 heterocycles. The van der Waals surface area contributed by atoms with E-state index in [0.29, 0.717) is 11.8 Å². The summed E-state index contributed by atoms with van der Waals surface area (Å²) in [7, 11) is 0. The van der Waals surface area contributed by atoms with Crippen LogP contribution >= 0.6 is 0 Å². The van der Waals surface area contributed by atoms with Crippen molar-refractivity contribution in [3.8, 4) is 0 Å². The third-order valence-corrected chi connectivity index (χ3v) is 2.07. The molecule has 90 valence electrons. The molecule has 1 rings (SSSR count). The quantitative estimate of drug-likeness (QED) is 0.343. The molecule has 0 aliphatic rings. The predicted molar refractivity (Wildman–Crippen MR) is 54.4 cm³/mol. The number of hydrogen-bond acceptors (Lipinski definition) is 2. The fraction of sp³-hybridized carbons (Fsp3) is 0.300. The van der Waals surface area contributed by atoms with Crippen molar-refractivity contribution in [1.29, 1.82) is 0 Å². The number of hydrogen-bond donors (Lipinski definition) is 0. The standard InChI is InChI=1S/C10H8F3N3O/c11-10(12,13)5-9(15-16-14)8-3-1-7(6-17)2-4-8/h1-4,6,9H,5H2. The molecule has 0 radical (unpaired) electrons. The van der Waals surface area contributed by atoms with Gasteiger partial charge < -0.3 is 0 Å². The zero-order valence-corrected chi connectivity index (χ0v) is 8.55. The molecule has 0 N–H and O–H groups in total. The molecule has 0 saturated heterocycles. The van der Waals surface area contributed by atoms with Crippen molar-refractivity contribution >= 4 is 6.29 Å². The van der Waals surface area contributed by atoms with Gasteiger partial charge in [0.25, 0.3) is 0 Å². The van der Waals surface area contributed by atoms with Gasteiger partial charge in [0.05, 0.1) is 12.5 Å². The Morgan fingerprint density at radius 2 is 1.94 bits per heavy atom. The van der Waals surface area contributed by atoms with Crippen molar-refractivity contribution in [2.75, 3.05) is 0 Å². The van der Waals surface area contributed by atoms with Gasteiger partial charge in [-0.15, -0.1) is 0 Å². The Labute approximate surface area is 94.7 Å². The van der Waals surface area contributed by atoms with Crippen LogP contribution in [0.25, 0.3) is 10.4 Å². The Kier molecular flexibility index (Phi) is 4.12. The van der Waals surface area contributed by atoms with E-state index in [0.717, 1.165) is 0 Å². The van der Waals surface area contributed by atoms with Crippen LogP contribution in [0.5, 0.6) is 0 Å². The van der Waals surface area contributed by atoms with Crippen LogP contribution in [0.4, 0.5) is 13.2 Å². The maximum absolute atomic E-state index is 12.2. The van der Waals surface area contributed by atoms with Crippen molar-refractivity contribution in [2.45, 2.75) is 18.6 Å². The average Bonchev–Trinajstić information content (AvgIpc) is 2.27. The molecule has 0 saturated carbocycles. The first kappa shape index (κ1) is 13.1. The highest BCUT2D eigenvalue weighted by Gasteiger charge is 2.32. The van der Waals surface area contributed by atoms with Crippen molar-refractivity contribution in [3.63, 3.8) is 0 Å². The van der Waals surface area contributed by atoms with E-state index in [1.807, 2.05) is 0 Å². The van der Waals surface area contributed by atoms with Crippen LogP contribution in [0.15, 0.2) is 29.4 Å². The summed E-state index contributed by atoms with van der Waals surface area (Å²) < 4.78 is 36.7. The van der Waals surface area contributed by atoms with E-state index in [1.165, 1.54) is 24.3 Å². The third-order valence-electron chi connectivity index (χ3n) is 2.07. The molecule has 7 heteroatoms. The van der Waals surface area contributed by atoms with Crippen molar-refractivity contribution in [1.82, 2.24) is 0 Å². The van der Waals surface area contributed by atoms with Gasteiger partial charge in [-0.2, -0.15) is 13.2 Å². The summed E-state index contributed by atoms with van der Waals surface area (Å²) in [5.41, 5.74) is 8.81. The number of alkyl halides is 3. The topological polar surface area (TPSA) is 65.8 Å². The molecule has 0 aromatic heterocycles. The monoisotopic (exact) mass is 243 g/mol. The first-order valence-corrected chi connectivity index (χ1v) is 4.62. The minimum atomic E-state index is -4.41. The molecule has 0 aliphatic carbocycles. The fourth-order valence-electron chi connectivity index (χ4n) is 1.30. The SMILES string of the molecule is [N-]=[N+]=NC(CC(F)(F)F)c1ccc(C=O)cc1. The van der Waals surface area contributed by atoms with Crippen LogP contribution in [0.1, 0.15) is 28.4 Å². The lowest BCUT2D eigenvalue weighted by atomic mass is 10.0. The second kappa shape index (κ2) is 5.36. The lowest BCUT2D eigenvalue weighted by molar-refractivity contribution is -0.138. The maximum atomic E-state index is 12.2. The number of rotatable bonds is 4. The van der Waals surface area contributed by atoms with E-state index < -0.39 is 18.6 Å². The summed E-state index contributed by atoms with van der Waals surface area (Å²) in [6.07, 6.45) is -5.06. The Morgan fingerprint density at radius 3 is 2.35 bits per heavy atom. The normalized spacial score (nSPS) is 12.6. The van der Waals surface area contributed by atoms with Crippen molar-refractivity contribution < 1.29 is 18.0 Å². The largest absolute Gasteiger partial charge is 0.389 e. The molecule has 17 heavy (non-hydrogen) atoms. The molecule has 4 nitrogen and oxygen atoms in total. The lowest BCUT2D eigenvalue weighted by Gasteiger charge is -2.13. The highest BCUT2D eigenvalue weighted by Crippen LogP contribution is 2.32. The third kappa shape index (κ3) is 4.16. The summed E-state index contributed by atoms with van der Waals surface area (Å²) in [5, 5.41) is 3.11. The van der Waals surface area contributed by atoms with Gasteiger partial charge in [0.15, 0.2) is 0 Å². The number of halogens is 3. The van der Waals surface area contributed by atoms with Crippen LogP contribution in [0, 0.1) is 0 Å². The van der Waals surface area contributed by atoms with Gasteiger partial charge >= 0.3 is 6.18 Å². The number of azide groups is 1. The highest BCUT2D eigenvalue weighted by atomic mass is 19.4. The van der Waals surface area contributed by atoms with Gasteiger partial charge in [-0.25, -0.2) is 0 Å². The van der Waals surface area contributed by atoms with Crippen LogP contribution in [-0.4, -0.2) is 12.5 Å². The minimum absolute atomic E-state index is 0.228. The van der Waals surface area contributed by atoms with Gasteiger partial charge in [0.2, 0.25) is 0 Å². The first-order chi connectivity index (χ1) is 7.96. The van der Waals surface area contributed by atoms with Gasteiger partial charge in [0.1, 0.15) is 6.29 Å². The summed E-state index contributed by atoms with van der Waals surface area (Å²) in [5.74, 6) is 0. The van der Waals surface area contributed by atoms with E-state index in [1.54, 1.807) is 0 Å². The van der Waals surface area contributed by atoms with Crippen LogP contribution in [-0.2, 0) is 0 Å². The molecule has 0 bridgehead atoms. The number of aldehydes is 1. The molecule has 0 amide bonds. The highest BCUT2D eigenvalue weighted by molar-refractivity contribution is 5.74. The Bertz CT molecular complexity index is 435. The summed E-state index contributed by atoms with van der Waals surface area (Å²) in [6.45, 7) is 0. The van der Waals surface area contributed by atoms with Gasteiger partial charge in [-0.1, -0.05) is 29.4 Å². The van der Waals surface area contributed by atoms with Crippen LogP contribution < -0.4 is 0 Å². The predicted octanol–water partition coefficient (Wildman–Crippen LogP) is 3.80. The molecule has 1 aromatic carbocycles. The Hall–Kier alpha value is -2.01. The fourth-order valence-corrected chi connectivity index (χ4v) is 1.30. The van der Waals surface area contributed by atoms with E-state index >= 15 is 0 Å². The van der Waals surface area contributed by atoms with Gasteiger partial charge in [-0.05, 0) is 11.1 Å². The van der Waals surface area contributed by atoms with E-state index in [-0.39, 0.29) is 5.56 Å². The molecule has 0 aliphatic heterocycles. The summed E-state index contributed by atoms with van der Waals surface area (Å²) in [6, 6.07) is 4.13. The van der Waals surface area contributed by atoms with E-state index in [9.17, 15) is 18.0 Å². The van der Waals surface area contributed by atoms with E-state index in [2.05, 4.69) is 10.0 Å². The van der Waals surface area contributed by atoms with E-state index in [4.69, 9.17) is 5.53 Å². The molecule has 0 spiro atoms. The number of carbonyl (C=O) groups excluding carboxylic acids is 1. The van der Waals surface area contributed by atoms with Crippen molar-refractivity contribution in [3.05, 3.63) is 45.8 Å². The van der Waals surface area contributed by atoms with Gasteiger partial charge in [-0.3, -0.25) is 4.79 Å². The summed E-state index contributed by atoms with van der Waals surface area (Å²) >= 11 is 0. The molecule has 1 unspecified atom stereocenters. The average molecular weight is 243 g/mol. The minimum Gasteiger partial charge on any atom is -0.298 e. The molecular formula is C10H8F3N3O.